The summed E-state index contributed by atoms with van der Waals surface area (Å²) in [4.78, 5) is 19.6. The van der Waals surface area contributed by atoms with Crippen LogP contribution in [0, 0.1) is 0 Å². The van der Waals surface area contributed by atoms with Crippen LogP contribution in [0.3, 0.4) is 0 Å². The van der Waals surface area contributed by atoms with Crippen LogP contribution in [0.4, 0.5) is 21.9 Å². The number of hydrogen-bond acceptors (Lipinski definition) is 3. The lowest BCUT2D eigenvalue weighted by Gasteiger charge is -2.38. The Morgan fingerprint density at radius 1 is 0.808 bits per heavy atom. The summed E-state index contributed by atoms with van der Waals surface area (Å²) in [5.41, 5.74) is 2.97. The number of anilines is 3. The number of fused-ring (bicyclic) bond motifs is 1. The second kappa shape index (κ2) is 7.79. The van der Waals surface area contributed by atoms with Gasteiger partial charge in [-0.1, -0.05) is 30.3 Å². The van der Waals surface area contributed by atoms with Crippen molar-refractivity contribution in [2.24, 2.45) is 0 Å². The van der Waals surface area contributed by atoms with Crippen molar-refractivity contribution in [2.45, 2.75) is 12.8 Å². The van der Waals surface area contributed by atoms with Gasteiger partial charge in [-0.3, -0.25) is 4.90 Å². The molecule has 2 aromatic carbocycles. The van der Waals surface area contributed by atoms with Gasteiger partial charge in [0.25, 0.3) is 0 Å². The van der Waals surface area contributed by atoms with Crippen molar-refractivity contribution in [3.8, 4) is 0 Å². The number of nitrogens with one attached hydrogen (secondary N) is 1. The molecule has 1 N–H and O–H groups in total. The van der Waals surface area contributed by atoms with Crippen LogP contribution >= 0.6 is 0 Å². The van der Waals surface area contributed by atoms with Gasteiger partial charge in [0.05, 0.1) is 11.4 Å². The van der Waals surface area contributed by atoms with E-state index in [1.54, 1.807) is 0 Å². The largest absolute Gasteiger partial charge is 0.367 e. The van der Waals surface area contributed by atoms with E-state index in [4.69, 9.17) is 0 Å². The molecular weight excluding hydrogens is 324 g/mol. The summed E-state index contributed by atoms with van der Waals surface area (Å²) in [6.07, 6.45) is 2.65. The van der Waals surface area contributed by atoms with Gasteiger partial charge in [0.1, 0.15) is 0 Å². The van der Waals surface area contributed by atoms with Crippen molar-refractivity contribution < 1.29 is 4.79 Å². The molecule has 0 radical (unpaired) electrons. The zero-order valence-corrected chi connectivity index (χ0v) is 15.1. The van der Waals surface area contributed by atoms with Gasteiger partial charge < -0.3 is 15.1 Å². The Kier molecular flexibility index (Phi) is 5.07. The van der Waals surface area contributed by atoms with Crippen LogP contribution in [0.2, 0.25) is 0 Å². The van der Waals surface area contributed by atoms with Gasteiger partial charge in [0.15, 0.2) is 0 Å². The number of benzene rings is 2. The Labute approximate surface area is 155 Å². The summed E-state index contributed by atoms with van der Waals surface area (Å²) in [6, 6.07) is 17.8. The van der Waals surface area contributed by atoms with E-state index >= 15 is 0 Å². The maximum atomic E-state index is 12.8. The van der Waals surface area contributed by atoms with Gasteiger partial charge in [0, 0.05) is 31.9 Å². The van der Waals surface area contributed by atoms with Crippen molar-refractivity contribution in [1.82, 2.24) is 4.90 Å². The van der Waals surface area contributed by atoms with E-state index in [1.807, 2.05) is 47.4 Å². The summed E-state index contributed by atoms with van der Waals surface area (Å²) in [7, 11) is 0. The number of carbonyl (C=O) groups excluding carboxylic acids is 1. The molecule has 5 heteroatoms. The molecule has 5 nitrogen and oxygen atoms in total. The molecule has 2 aliphatic rings. The highest BCUT2D eigenvalue weighted by Gasteiger charge is 2.27. The van der Waals surface area contributed by atoms with E-state index in [1.165, 1.54) is 25.9 Å². The van der Waals surface area contributed by atoms with E-state index < -0.39 is 0 Å². The summed E-state index contributed by atoms with van der Waals surface area (Å²) < 4.78 is 0. The summed E-state index contributed by atoms with van der Waals surface area (Å²) in [6.45, 7) is 6.14. The fraction of sp³-hybridized carbons (Fsp3) is 0.381. The highest BCUT2D eigenvalue weighted by atomic mass is 16.2. The first kappa shape index (κ1) is 16.9. The normalized spacial score (nSPS) is 17.2. The van der Waals surface area contributed by atoms with Gasteiger partial charge in [-0.2, -0.15) is 0 Å². The molecule has 1 saturated heterocycles. The first-order valence-corrected chi connectivity index (χ1v) is 9.51. The molecule has 2 heterocycles. The second-order valence-electron chi connectivity index (χ2n) is 6.97. The molecule has 2 aromatic rings. The number of amides is 2. The maximum Gasteiger partial charge on any atom is 0.326 e. The van der Waals surface area contributed by atoms with Crippen molar-refractivity contribution in [1.29, 1.82) is 0 Å². The average Bonchev–Trinajstić information content (AvgIpc) is 3.20. The number of urea groups is 1. The van der Waals surface area contributed by atoms with E-state index in [9.17, 15) is 4.79 Å². The number of carbonyl (C=O) groups is 1. The molecule has 0 unspecified atom stereocenters. The number of para-hydroxylation sites is 3. The minimum atomic E-state index is -0.0668. The number of likely N-dealkylation sites (tertiary alicyclic amines) is 1. The number of hydrogen-bond donors (Lipinski definition) is 1. The quantitative estimate of drug-likeness (QED) is 0.915. The molecule has 0 aliphatic carbocycles. The number of rotatable bonds is 4. The van der Waals surface area contributed by atoms with Crippen molar-refractivity contribution >= 4 is 23.1 Å². The Morgan fingerprint density at radius 3 is 2.27 bits per heavy atom. The summed E-state index contributed by atoms with van der Waals surface area (Å²) in [5.74, 6) is 0. The van der Waals surface area contributed by atoms with Crippen LogP contribution in [0.15, 0.2) is 54.6 Å². The third-order valence-electron chi connectivity index (χ3n) is 5.26. The third kappa shape index (κ3) is 3.68. The van der Waals surface area contributed by atoms with Crippen LogP contribution in [0.1, 0.15) is 12.8 Å². The van der Waals surface area contributed by atoms with E-state index in [0.29, 0.717) is 6.54 Å². The molecule has 2 amide bonds. The van der Waals surface area contributed by atoms with Crippen LogP contribution in [0.5, 0.6) is 0 Å². The fourth-order valence-corrected chi connectivity index (χ4v) is 3.85. The molecule has 0 spiro atoms. The molecule has 1 fully saturated rings. The molecule has 0 atom stereocenters. The molecule has 0 bridgehead atoms. The molecule has 4 rings (SSSR count). The topological polar surface area (TPSA) is 38.8 Å². The average molecular weight is 350 g/mol. The van der Waals surface area contributed by atoms with Crippen LogP contribution < -0.4 is 15.1 Å². The van der Waals surface area contributed by atoms with E-state index in [-0.39, 0.29) is 6.03 Å². The lowest BCUT2D eigenvalue weighted by atomic mass is 10.1. The molecule has 136 valence electrons. The Morgan fingerprint density at radius 2 is 1.50 bits per heavy atom. The molecule has 26 heavy (non-hydrogen) atoms. The monoisotopic (exact) mass is 350 g/mol. The van der Waals surface area contributed by atoms with E-state index in [2.05, 4.69) is 27.2 Å². The Hall–Kier alpha value is -2.53. The maximum absolute atomic E-state index is 12.8. The minimum Gasteiger partial charge on any atom is -0.367 e. The predicted octanol–water partition coefficient (Wildman–Crippen LogP) is 3.64. The predicted molar refractivity (Wildman–Crippen MR) is 107 cm³/mol. The van der Waals surface area contributed by atoms with Gasteiger partial charge >= 0.3 is 6.03 Å². The van der Waals surface area contributed by atoms with Crippen molar-refractivity contribution in [3.05, 3.63) is 54.6 Å². The third-order valence-corrected chi connectivity index (χ3v) is 5.26. The van der Waals surface area contributed by atoms with E-state index in [0.717, 1.165) is 36.7 Å². The van der Waals surface area contributed by atoms with Crippen molar-refractivity contribution in [2.75, 3.05) is 54.4 Å². The first-order chi connectivity index (χ1) is 12.8. The SMILES string of the molecule is O=C(Nc1ccccc1)N1CCN(CCN2CCCC2)c2ccccc21. The van der Waals surface area contributed by atoms with Gasteiger partial charge in [-0.15, -0.1) is 0 Å². The standard InChI is InChI=1S/C21H26N4O/c26-21(22-18-8-2-1-3-9-18)25-17-16-24(15-14-23-12-6-7-13-23)19-10-4-5-11-20(19)25/h1-5,8-11H,6-7,12-17H2,(H,22,26). The minimum absolute atomic E-state index is 0.0668. The zero-order valence-electron chi connectivity index (χ0n) is 15.1. The smallest absolute Gasteiger partial charge is 0.326 e. The van der Waals surface area contributed by atoms with Gasteiger partial charge in [0.2, 0.25) is 0 Å². The first-order valence-electron chi connectivity index (χ1n) is 9.51. The lowest BCUT2D eigenvalue weighted by molar-refractivity contribution is 0.256. The molecule has 0 aromatic heterocycles. The van der Waals surface area contributed by atoms with Crippen molar-refractivity contribution in [3.63, 3.8) is 0 Å². The Balaban J connectivity index is 1.47. The van der Waals surface area contributed by atoms with Gasteiger partial charge in [-0.05, 0) is 50.2 Å². The molecular formula is C21H26N4O. The highest BCUT2D eigenvalue weighted by molar-refractivity contribution is 6.04. The lowest BCUT2D eigenvalue weighted by Crippen LogP contribution is -2.47. The molecule has 0 saturated carbocycles. The summed E-state index contributed by atoms with van der Waals surface area (Å²) >= 11 is 0. The van der Waals surface area contributed by atoms with Crippen LogP contribution in [0.25, 0.3) is 0 Å². The summed E-state index contributed by atoms with van der Waals surface area (Å²) in [5, 5.41) is 3.00. The molecule has 2 aliphatic heterocycles. The zero-order chi connectivity index (χ0) is 17.8. The van der Waals surface area contributed by atoms with Crippen LogP contribution in [-0.4, -0.2) is 50.2 Å². The highest BCUT2D eigenvalue weighted by Crippen LogP contribution is 2.33. The van der Waals surface area contributed by atoms with Crippen LogP contribution in [-0.2, 0) is 0 Å². The number of nitrogens with zero attached hydrogens (tertiary/aromatic N) is 3. The van der Waals surface area contributed by atoms with Gasteiger partial charge in [-0.25, -0.2) is 4.79 Å². The second-order valence-corrected chi connectivity index (χ2v) is 6.97. The Bertz CT molecular complexity index is 743. The fourth-order valence-electron chi connectivity index (χ4n) is 3.85.